The number of likely N-dealkylation sites (N-methyl/N-ethyl adjacent to an activating group) is 1. The SMILES string of the molecule is CCc1nn(C)c2c1nc(CCCl)n2C1CCN(C)C1=O. The van der Waals surface area contributed by atoms with Crippen LogP contribution in [0.1, 0.15) is 30.9 Å². The van der Waals surface area contributed by atoms with Gasteiger partial charge in [0, 0.05) is 32.9 Å². The Bertz CT molecular complexity index is 689. The third-order valence-corrected chi connectivity index (χ3v) is 4.36. The number of carbonyl (C=O) groups excluding carboxylic acids is 1. The van der Waals surface area contributed by atoms with Crippen molar-refractivity contribution in [1.29, 1.82) is 0 Å². The molecular weight excluding hydrogens is 290 g/mol. The molecule has 6 nitrogen and oxygen atoms in total. The molecule has 1 saturated heterocycles. The van der Waals surface area contributed by atoms with E-state index in [1.54, 1.807) is 4.90 Å². The van der Waals surface area contributed by atoms with Crippen molar-refractivity contribution in [2.75, 3.05) is 19.5 Å². The number of hydrogen-bond acceptors (Lipinski definition) is 3. The van der Waals surface area contributed by atoms with E-state index in [4.69, 9.17) is 16.6 Å². The molecule has 114 valence electrons. The molecule has 1 unspecified atom stereocenters. The first-order chi connectivity index (χ1) is 10.1. The van der Waals surface area contributed by atoms with Gasteiger partial charge in [0.1, 0.15) is 17.4 Å². The monoisotopic (exact) mass is 309 g/mol. The Hall–Kier alpha value is -1.56. The molecule has 0 radical (unpaired) electrons. The van der Waals surface area contributed by atoms with E-state index in [1.807, 2.05) is 18.8 Å². The molecule has 1 aliphatic rings. The van der Waals surface area contributed by atoms with Gasteiger partial charge < -0.3 is 9.47 Å². The number of fused-ring (bicyclic) bond motifs is 1. The molecule has 21 heavy (non-hydrogen) atoms. The molecule has 3 rings (SSSR count). The molecular formula is C14H20ClN5O. The van der Waals surface area contributed by atoms with Gasteiger partial charge in [0.25, 0.3) is 0 Å². The van der Waals surface area contributed by atoms with Crippen LogP contribution in [0.25, 0.3) is 11.2 Å². The molecule has 0 saturated carbocycles. The van der Waals surface area contributed by atoms with E-state index in [-0.39, 0.29) is 11.9 Å². The van der Waals surface area contributed by atoms with E-state index in [0.29, 0.717) is 12.3 Å². The number of halogens is 1. The zero-order chi connectivity index (χ0) is 15.1. The maximum Gasteiger partial charge on any atom is 0.245 e. The van der Waals surface area contributed by atoms with Crippen LogP contribution in [0.2, 0.25) is 0 Å². The van der Waals surface area contributed by atoms with Crippen molar-refractivity contribution >= 4 is 28.7 Å². The number of alkyl halides is 1. The Labute approximate surface area is 128 Å². The van der Waals surface area contributed by atoms with Gasteiger partial charge in [-0.25, -0.2) is 4.98 Å². The minimum Gasteiger partial charge on any atom is -0.344 e. The zero-order valence-corrected chi connectivity index (χ0v) is 13.4. The van der Waals surface area contributed by atoms with Crippen LogP contribution >= 0.6 is 11.6 Å². The van der Waals surface area contributed by atoms with Gasteiger partial charge in [-0.3, -0.25) is 9.48 Å². The molecule has 0 aliphatic carbocycles. The van der Waals surface area contributed by atoms with Crippen LogP contribution in [-0.2, 0) is 24.7 Å². The summed E-state index contributed by atoms with van der Waals surface area (Å²) in [7, 11) is 3.76. The van der Waals surface area contributed by atoms with Gasteiger partial charge in [-0.05, 0) is 12.8 Å². The number of carbonyl (C=O) groups is 1. The highest BCUT2D eigenvalue weighted by Gasteiger charge is 2.34. The first kappa shape index (κ1) is 14.4. The fourth-order valence-corrected chi connectivity index (χ4v) is 3.29. The summed E-state index contributed by atoms with van der Waals surface area (Å²) < 4.78 is 3.89. The molecule has 0 bridgehead atoms. The number of aryl methyl sites for hydroxylation is 3. The quantitative estimate of drug-likeness (QED) is 0.805. The van der Waals surface area contributed by atoms with Gasteiger partial charge in [-0.2, -0.15) is 5.10 Å². The van der Waals surface area contributed by atoms with Gasteiger partial charge in [0.2, 0.25) is 5.91 Å². The number of aromatic nitrogens is 4. The standard InChI is InChI=1S/C14H20ClN5O/c1-4-9-12-13(19(3)17-9)20(11(16-12)5-7-15)10-6-8-18(2)14(10)21/h10H,4-8H2,1-3H3. The lowest BCUT2D eigenvalue weighted by molar-refractivity contribution is -0.129. The minimum atomic E-state index is -0.182. The van der Waals surface area contributed by atoms with Crippen LogP contribution in [0.5, 0.6) is 0 Å². The highest BCUT2D eigenvalue weighted by Crippen LogP contribution is 2.30. The highest BCUT2D eigenvalue weighted by atomic mass is 35.5. The molecule has 0 spiro atoms. The normalized spacial score (nSPS) is 19.1. The van der Waals surface area contributed by atoms with Gasteiger partial charge in [0.05, 0.1) is 5.69 Å². The van der Waals surface area contributed by atoms with Crippen molar-refractivity contribution in [1.82, 2.24) is 24.2 Å². The fourth-order valence-electron chi connectivity index (χ4n) is 3.12. The van der Waals surface area contributed by atoms with Crippen molar-refractivity contribution in [3.05, 3.63) is 11.5 Å². The Morgan fingerprint density at radius 1 is 1.38 bits per heavy atom. The minimum absolute atomic E-state index is 0.143. The molecule has 2 aromatic heterocycles. The third-order valence-electron chi connectivity index (χ3n) is 4.17. The molecule has 1 atom stereocenters. The van der Waals surface area contributed by atoms with E-state index >= 15 is 0 Å². The van der Waals surface area contributed by atoms with Crippen molar-refractivity contribution < 1.29 is 4.79 Å². The molecule has 2 aromatic rings. The van der Waals surface area contributed by atoms with Crippen molar-refractivity contribution in [3.8, 4) is 0 Å². The Kier molecular flexibility index (Phi) is 3.65. The maximum absolute atomic E-state index is 12.4. The van der Waals surface area contributed by atoms with Crippen LogP contribution in [-0.4, -0.2) is 49.6 Å². The molecule has 1 fully saturated rings. The molecule has 7 heteroatoms. The van der Waals surface area contributed by atoms with Gasteiger partial charge in [-0.15, -0.1) is 11.6 Å². The lowest BCUT2D eigenvalue weighted by atomic mass is 10.2. The van der Waals surface area contributed by atoms with Crippen molar-refractivity contribution in [2.45, 2.75) is 32.2 Å². The summed E-state index contributed by atoms with van der Waals surface area (Å²) in [6.45, 7) is 2.85. The second-order valence-corrected chi connectivity index (χ2v) is 5.88. The fraction of sp³-hybridized carbons (Fsp3) is 0.643. The predicted molar refractivity (Wildman–Crippen MR) is 81.6 cm³/mol. The Morgan fingerprint density at radius 2 is 2.14 bits per heavy atom. The topological polar surface area (TPSA) is 56.0 Å². The number of amides is 1. The van der Waals surface area contributed by atoms with Crippen LogP contribution in [0.3, 0.4) is 0 Å². The molecule has 1 aliphatic heterocycles. The van der Waals surface area contributed by atoms with Crippen molar-refractivity contribution in [3.63, 3.8) is 0 Å². The average molecular weight is 310 g/mol. The van der Waals surface area contributed by atoms with Crippen molar-refractivity contribution in [2.24, 2.45) is 7.05 Å². The zero-order valence-electron chi connectivity index (χ0n) is 12.6. The van der Waals surface area contributed by atoms with Crippen LogP contribution in [0.4, 0.5) is 0 Å². The molecule has 3 heterocycles. The summed E-state index contributed by atoms with van der Waals surface area (Å²) in [5.41, 5.74) is 2.81. The van der Waals surface area contributed by atoms with Crippen LogP contribution < -0.4 is 0 Å². The number of rotatable bonds is 4. The average Bonchev–Trinajstić information content (AvgIpc) is 3.07. The largest absolute Gasteiger partial charge is 0.344 e. The maximum atomic E-state index is 12.4. The number of imidazole rings is 1. The molecule has 1 amide bonds. The van der Waals surface area contributed by atoms with E-state index in [1.165, 1.54) is 0 Å². The molecule has 0 N–H and O–H groups in total. The van der Waals surface area contributed by atoms with Gasteiger partial charge >= 0.3 is 0 Å². The summed E-state index contributed by atoms with van der Waals surface area (Å²) in [6.07, 6.45) is 2.29. The lowest BCUT2D eigenvalue weighted by Gasteiger charge is -2.15. The second kappa shape index (κ2) is 5.33. The Balaban J connectivity index is 2.21. The van der Waals surface area contributed by atoms with E-state index < -0.39 is 0 Å². The first-order valence-electron chi connectivity index (χ1n) is 7.32. The van der Waals surface area contributed by atoms with E-state index in [9.17, 15) is 4.79 Å². The summed E-state index contributed by atoms with van der Waals surface area (Å²) in [4.78, 5) is 18.9. The van der Waals surface area contributed by atoms with Gasteiger partial charge in [-0.1, -0.05) is 6.92 Å². The summed E-state index contributed by atoms with van der Waals surface area (Å²) in [5, 5.41) is 4.52. The van der Waals surface area contributed by atoms with Crippen LogP contribution in [0.15, 0.2) is 0 Å². The highest BCUT2D eigenvalue weighted by molar-refractivity contribution is 6.17. The van der Waals surface area contributed by atoms with E-state index in [2.05, 4.69) is 16.6 Å². The number of hydrogen-bond donors (Lipinski definition) is 0. The Morgan fingerprint density at radius 3 is 2.71 bits per heavy atom. The van der Waals surface area contributed by atoms with Crippen LogP contribution in [0, 0.1) is 0 Å². The predicted octanol–water partition coefficient (Wildman–Crippen LogP) is 1.52. The first-order valence-corrected chi connectivity index (χ1v) is 7.85. The second-order valence-electron chi connectivity index (χ2n) is 5.50. The summed E-state index contributed by atoms with van der Waals surface area (Å²) in [6, 6.07) is -0.182. The smallest absolute Gasteiger partial charge is 0.245 e. The number of nitrogens with zero attached hydrogens (tertiary/aromatic N) is 5. The summed E-state index contributed by atoms with van der Waals surface area (Å²) >= 11 is 5.92. The van der Waals surface area contributed by atoms with E-state index in [0.717, 1.165) is 42.1 Å². The van der Waals surface area contributed by atoms with Gasteiger partial charge in [0.15, 0.2) is 5.65 Å². The third kappa shape index (κ3) is 2.12. The summed E-state index contributed by atoms with van der Waals surface area (Å²) in [5.74, 6) is 1.52. The lowest BCUT2D eigenvalue weighted by Crippen LogP contribution is -2.26. The number of likely N-dealkylation sites (tertiary alicyclic amines) is 1. The molecule has 0 aromatic carbocycles.